The molecule has 0 saturated carbocycles. The molecular weight excluding hydrogens is 240 g/mol. The van der Waals surface area contributed by atoms with Crippen molar-refractivity contribution in [2.75, 3.05) is 6.54 Å². The Morgan fingerprint density at radius 3 is 2.94 bits per heavy atom. The maximum atomic E-state index is 10.4. The number of carbonyl (C=O) groups is 1. The van der Waals surface area contributed by atoms with Gasteiger partial charge in [-0.3, -0.25) is 4.79 Å². The van der Waals surface area contributed by atoms with Crippen molar-refractivity contribution in [1.29, 1.82) is 0 Å². The second-order valence-electron chi connectivity index (χ2n) is 3.63. The average Bonchev–Trinajstić information content (AvgIpc) is 2.29. The summed E-state index contributed by atoms with van der Waals surface area (Å²) in [5.41, 5.74) is 1.63. The number of aromatic nitrogens is 1. The molecule has 0 bridgehead atoms. The van der Waals surface area contributed by atoms with Gasteiger partial charge < -0.3 is 10.4 Å². The average molecular weight is 251 g/mol. The first kappa shape index (κ1) is 11.8. The Morgan fingerprint density at radius 1 is 1.41 bits per heavy atom. The van der Waals surface area contributed by atoms with Crippen LogP contribution in [0.4, 0.5) is 0 Å². The van der Waals surface area contributed by atoms with Gasteiger partial charge in [-0.2, -0.15) is 0 Å². The fraction of sp³-hybridized carbons (Fsp3) is 0.167. The molecular formula is C12H11ClN2O2. The first-order chi connectivity index (χ1) is 8.16. The van der Waals surface area contributed by atoms with Crippen LogP contribution in [-0.2, 0) is 11.3 Å². The van der Waals surface area contributed by atoms with Crippen molar-refractivity contribution in [2.45, 2.75) is 6.54 Å². The Morgan fingerprint density at radius 2 is 2.18 bits per heavy atom. The summed E-state index contributed by atoms with van der Waals surface area (Å²) in [7, 11) is 0. The molecule has 17 heavy (non-hydrogen) atoms. The molecule has 2 rings (SSSR count). The van der Waals surface area contributed by atoms with Gasteiger partial charge in [-0.25, -0.2) is 4.98 Å². The number of hydrogen-bond acceptors (Lipinski definition) is 3. The summed E-state index contributed by atoms with van der Waals surface area (Å²) in [6.45, 7) is 0.298. The fourth-order valence-corrected chi connectivity index (χ4v) is 1.78. The van der Waals surface area contributed by atoms with Gasteiger partial charge in [-0.1, -0.05) is 29.8 Å². The van der Waals surface area contributed by atoms with Crippen LogP contribution >= 0.6 is 11.6 Å². The molecule has 0 aliphatic rings. The molecule has 1 aromatic heterocycles. The molecule has 0 aliphatic heterocycles. The Bertz CT molecular complexity index is 557. The highest BCUT2D eigenvalue weighted by Gasteiger charge is 2.05. The van der Waals surface area contributed by atoms with Crippen molar-refractivity contribution in [1.82, 2.24) is 10.3 Å². The highest BCUT2D eigenvalue weighted by molar-refractivity contribution is 6.30. The van der Waals surface area contributed by atoms with Crippen molar-refractivity contribution in [2.24, 2.45) is 0 Å². The van der Waals surface area contributed by atoms with Crippen LogP contribution in [0.25, 0.3) is 10.9 Å². The number of nitrogens with one attached hydrogen (secondary N) is 1. The first-order valence-electron chi connectivity index (χ1n) is 5.13. The van der Waals surface area contributed by atoms with E-state index in [9.17, 15) is 4.79 Å². The third kappa shape index (κ3) is 2.93. The number of aliphatic carboxylic acids is 1. The first-order valence-corrected chi connectivity index (χ1v) is 5.51. The molecule has 0 unspecified atom stereocenters. The summed E-state index contributed by atoms with van der Waals surface area (Å²) >= 11 is 6.02. The van der Waals surface area contributed by atoms with Gasteiger partial charge in [-0.15, -0.1) is 0 Å². The standard InChI is InChI=1S/C12H11ClN2O2/c13-12-9(6-14-7-11(16)17)5-8-3-1-2-4-10(8)15-12/h1-5,14H,6-7H2,(H,16,17). The van der Waals surface area contributed by atoms with Gasteiger partial charge in [0.2, 0.25) is 0 Å². The summed E-state index contributed by atoms with van der Waals surface area (Å²) in [4.78, 5) is 14.6. The highest BCUT2D eigenvalue weighted by Crippen LogP contribution is 2.20. The lowest BCUT2D eigenvalue weighted by Gasteiger charge is -2.06. The number of carboxylic acids is 1. The van der Waals surface area contributed by atoms with Crippen LogP contribution in [0.2, 0.25) is 5.15 Å². The summed E-state index contributed by atoms with van der Waals surface area (Å²) in [5, 5.41) is 12.7. The number of fused-ring (bicyclic) bond motifs is 1. The van der Waals surface area contributed by atoms with E-state index in [2.05, 4.69) is 10.3 Å². The summed E-state index contributed by atoms with van der Waals surface area (Å²) in [6.07, 6.45) is 0. The number of para-hydroxylation sites is 1. The van der Waals surface area contributed by atoms with Gasteiger partial charge in [0.15, 0.2) is 0 Å². The van der Waals surface area contributed by atoms with Gasteiger partial charge in [-0.05, 0) is 12.1 Å². The van der Waals surface area contributed by atoms with Gasteiger partial charge in [0.1, 0.15) is 5.15 Å². The number of pyridine rings is 1. The summed E-state index contributed by atoms with van der Waals surface area (Å²) in [6, 6.07) is 9.56. The van der Waals surface area contributed by atoms with E-state index in [4.69, 9.17) is 16.7 Å². The van der Waals surface area contributed by atoms with E-state index in [-0.39, 0.29) is 6.54 Å². The lowest BCUT2D eigenvalue weighted by molar-refractivity contribution is -0.135. The zero-order valence-corrected chi connectivity index (χ0v) is 9.74. The monoisotopic (exact) mass is 250 g/mol. The molecule has 0 amide bonds. The van der Waals surface area contributed by atoms with E-state index in [0.717, 1.165) is 16.5 Å². The molecule has 5 heteroatoms. The molecule has 1 heterocycles. The Hall–Kier alpha value is -1.65. The summed E-state index contributed by atoms with van der Waals surface area (Å²) < 4.78 is 0. The smallest absolute Gasteiger partial charge is 0.317 e. The fourth-order valence-electron chi connectivity index (χ4n) is 1.56. The minimum Gasteiger partial charge on any atom is -0.480 e. The van der Waals surface area contributed by atoms with Gasteiger partial charge in [0.05, 0.1) is 12.1 Å². The maximum Gasteiger partial charge on any atom is 0.317 e. The lowest BCUT2D eigenvalue weighted by Crippen LogP contribution is -2.22. The van der Waals surface area contributed by atoms with Crippen LogP contribution in [-0.4, -0.2) is 22.6 Å². The number of nitrogens with zero attached hydrogens (tertiary/aromatic N) is 1. The molecule has 0 radical (unpaired) electrons. The number of rotatable bonds is 4. The van der Waals surface area contributed by atoms with Crippen LogP contribution in [0.3, 0.4) is 0 Å². The SMILES string of the molecule is O=C(O)CNCc1cc2ccccc2nc1Cl. The lowest BCUT2D eigenvalue weighted by atomic mass is 10.1. The quantitative estimate of drug-likeness (QED) is 0.816. The molecule has 0 fully saturated rings. The van der Waals surface area contributed by atoms with E-state index >= 15 is 0 Å². The maximum absolute atomic E-state index is 10.4. The van der Waals surface area contributed by atoms with Gasteiger partial charge in [0.25, 0.3) is 0 Å². The van der Waals surface area contributed by atoms with Gasteiger partial charge >= 0.3 is 5.97 Å². The zero-order valence-electron chi connectivity index (χ0n) is 8.98. The van der Waals surface area contributed by atoms with Crippen LogP contribution in [0, 0.1) is 0 Å². The predicted octanol–water partition coefficient (Wildman–Crippen LogP) is 2.06. The second kappa shape index (κ2) is 5.12. The topological polar surface area (TPSA) is 62.2 Å². The largest absolute Gasteiger partial charge is 0.480 e. The highest BCUT2D eigenvalue weighted by atomic mass is 35.5. The van der Waals surface area contributed by atoms with Crippen molar-refractivity contribution in [3.8, 4) is 0 Å². The predicted molar refractivity (Wildman–Crippen MR) is 66.1 cm³/mol. The molecule has 2 aromatic rings. The normalized spacial score (nSPS) is 10.6. The van der Waals surface area contributed by atoms with E-state index < -0.39 is 5.97 Å². The van der Waals surface area contributed by atoms with E-state index in [1.807, 2.05) is 30.3 Å². The van der Waals surface area contributed by atoms with Crippen LogP contribution in [0.15, 0.2) is 30.3 Å². The Balaban J connectivity index is 2.22. The molecule has 1 aromatic carbocycles. The Kier molecular flexibility index (Phi) is 3.56. The molecule has 0 saturated heterocycles. The van der Waals surface area contributed by atoms with Crippen molar-refractivity contribution >= 4 is 28.5 Å². The van der Waals surface area contributed by atoms with Crippen molar-refractivity contribution in [3.05, 3.63) is 41.0 Å². The van der Waals surface area contributed by atoms with E-state index in [1.165, 1.54) is 0 Å². The molecule has 0 atom stereocenters. The molecule has 0 aliphatic carbocycles. The minimum atomic E-state index is -0.894. The third-order valence-corrected chi connectivity index (χ3v) is 2.67. The van der Waals surface area contributed by atoms with E-state index in [0.29, 0.717) is 11.7 Å². The van der Waals surface area contributed by atoms with Crippen LogP contribution < -0.4 is 5.32 Å². The zero-order chi connectivity index (χ0) is 12.3. The summed E-state index contributed by atoms with van der Waals surface area (Å²) in [5.74, 6) is -0.894. The van der Waals surface area contributed by atoms with E-state index in [1.54, 1.807) is 0 Å². The van der Waals surface area contributed by atoms with Crippen molar-refractivity contribution < 1.29 is 9.90 Å². The molecule has 0 spiro atoms. The van der Waals surface area contributed by atoms with Gasteiger partial charge in [0, 0.05) is 17.5 Å². The van der Waals surface area contributed by atoms with Crippen molar-refractivity contribution in [3.63, 3.8) is 0 Å². The molecule has 88 valence electrons. The van der Waals surface area contributed by atoms with Crippen LogP contribution in [0.1, 0.15) is 5.56 Å². The number of carboxylic acid groups (broad SMARTS) is 1. The number of halogens is 1. The Labute approximate surface area is 103 Å². The number of hydrogen-bond donors (Lipinski definition) is 2. The minimum absolute atomic E-state index is 0.0941. The molecule has 4 nitrogen and oxygen atoms in total. The van der Waals surface area contributed by atoms with Crippen LogP contribution in [0.5, 0.6) is 0 Å². The second-order valence-corrected chi connectivity index (χ2v) is 3.99. The third-order valence-electron chi connectivity index (χ3n) is 2.34. The molecule has 2 N–H and O–H groups in total. The number of benzene rings is 1.